The lowest BCUT2D eigenvalue weighted by Crippen LogP contribution is -1.86. The SMILES string of the molecule is C=Cc1cc(/C(C)=C/C=C(C)C)ccc1C=C(C)C. The molecule has 0 heterocycles. The van der Waals surface area contributed by atoms with Crippen molar-refractivity contribution in [1.29, 1.82) is 0 Å². The zero-order chi connectivity index (χ0) is 14.4. The molecule has 0 N–H and O–H groups in total. The third-order valence-electron chi connectivity index (χ3n) is 2.87. The van der Waals surface area contributed by atoms with Crippen LogP contribution in [0.5, 0.6) is 0 Å². The smallest absolute Gasteiger partial charge is 0.0184 e. The van der Waals surface area contributed by atoms with Gasteiger partial charge in [-0.2, -0.15) is 0 Å². The Kier molecular flexibility index (Phi) is 5.57. The van der Waals surface area contributed by atoms with Crippen LogP contribution in [-0.4, -0.2) is 0 Å². The molecular formula is C19H24. The van der Waals surface area contributed by atoms with E-state index < -0.39 is 0 Å². The van der Waals surface area contributed by atoms with E-state index >= 15 is 0 Å². The van der Waals surface area contributed by atoms with Gasteiger partial charge in [-0.15, -0.1) is 0 Å². The van der Waals surface area contributed by atoms with Gasteiger partial charge in [-0.1, -0.05) is 54.2 Å². The predicted octanol–water partition coefficient (Wildman–Crippen LogP) is 6.12. The topological polar surface area (TPSA) is 0 Å². The zero-order valence-corrected chi connectivity index (χ0v) is 12.7. The van der Waals surface area contributed by atoms with Crippen LogP contribution in [-0.2, 0) is 0 Å². The van der Waals surface area contributed by atoms with E-state index in [1.807, 2.05) is 6.08 Å². The fraction of sp³-hybridized carbons (Fsp3) is 0.263. The third-order valence-corrected chi connectivity index (χ3v) is 2.87. The van der Waals surface area contributed by atoms with E-state index in [1.165, 1.54) is 33.4 Å². The zero-order valence-electron chi connectivity index (χ0n) is 12.7. The van der Waals surface area contributed by atoms with Gasteiger partial charge in [0.15, 0.2) is 0 Å². The van der Waals surface area contributed by atoms with Crippen LogP contribution < -0.4 is 0 Å². The molecule has 0 fully saturated rings. The van der Waals surface area contributed by atoms with Gasteiger partial charge >= 0.3 is 0 Å². The minimum absolute atomic E-state index is 1.18. The number of hydrogen-bond donors (Lipinski definition) is 0. The first kappa shape index (κ1) is 15.2. The summed E-state index contributed by atoms with van der Waals surface area (Å²) in [6.07, 6.45) is 8.42. The maximum Gasteiger partial charge on any atom is -0.0184 e. The summed E-state index contributed by atoms with van der Waals surface area (Å²) < 4.78 is 0. The minimum atomic E-state index is 1.18. The van der Waals surface area contributed by atoms with Crippen molar-refractivity contribution in [2.45, 2.75) is 34.6 Å². The second kappa shape index (κ2) is 6.94. The lowest BCUT2D eigenvalue weighted by atomic mass is 9.98. The molecule has 0 nitrogen and oxygen atoms in total. The van der Waals surface area contributed by atoms with Crippen molar-refractivity contribution >= 4 is 17.7 Å². The number of rotatable bonds is 4. The summed E-state index contributed by atoms with van der Waals surface area (Å²) in [4.78, 5) is 0. The Balaban J connectivity index is 3.20. The summed E-state index contributed by atoms with van der Waals surface area (Å²) >= 11 is 0. The van der Waals surface area contributed by atoms with Gasteiger partial charge in [0.2, 0.25) is 0 Å². The lowest BCUT2D eigenvalue weighted by molar-refractivity contribution is 1.39. The Morgan fingerprint density at radius 2 is 1.58 bits per heavy atom. The van der Waals surface area contributed by atoms with Crippen LogP contribution >= 0.6 is 0 Å². The normalized spacial score (nSPS) is 10.9. The quantitative estimate of drug-likeness (QED) is 0.566. The average Bonchev–Trinajstić information content (AvgIpc) is 2.35. The van der Waals surface area contributed by atoms with Crippen molar-refractivity contribution in [1.82, 2.24) is 0 Å². The highest BCUT2D eigenvalue weighted by atomic mass is 14.1. The fourth-order valence-corrected chi connectivity index (χ4v) is 1.83. The average molecular weight is 252 g/mol. The number of benzene rings is 1. The molecule has 0 heteroatoms. The van der Waals surface area contributed by atoms with E-state index in [0.29, 0.717) is 0 Å². The van der Waals surface area contributed by atoms with Crippen LogP contribution in [0, 0.1) is 0 Å². The van der Waals surface area contributed by atoms with Gasteiger partial charge in [0.05, 0.1) is 0 Å². The lowest BCUT2D eigenvalue weighted by Gasteiger charge is -2.07. The monoisotopic (exact) mass is 252 g/mol. The summed E-state index contributed by atoms with van der Waals surface area (Å²) in [5.41, 5.74) is 7.54. The molecule has 0 spiro atoms. The van der Waals surface area contributed by atoms with E-state index in [9.17, 15) is 0 Å². The molecule has 0 atom stereocenters. The molecule has 100 valence electrons. The molecular weight excluding hydrogens is 228 g/mol. The number of hydrogen-bond acceptors (Lipinski definition) is 0. The van der Waals surface area contributed by atoms with Gasteiger partial charge in [-0.05, 0) is 62.9 Å². The van der Waals surface area contributed by atoms with Crippen LogP contribution in [0.4, 0.5) is 0 Å². The van der Waals surface area contributed by atoms with E-state index in [0.717, 1.165) is 0 Å². The molecule has 19 heavy (non-hydrogen) atoms. The van der Waals surface area contributed by atoms with Crippen LogP contribution in [0.25, 0.3) is 17.7 Å². The Bertz CT molecular complexity index is 543. The van der Waals surface area contributed by atoms with Crippen molar-refractivity contribution in [2.75, 3.05) is 0 Å². The molecule has 0 aliphatic carbocycles. The second-order valence-corrected chi connectivity index (χ2v) is 5.36. The second-order valence-electron chi connectivity index (χ2n) is 5.36. The van der Waals surface area contributed by atoms with Gasteiger partial charge in [-0.25, -0.2) is 0 Å². The van der Waals surface area contributed by atoms with Gasteiger partial charge in [0.25, 0.3) is 0 Å². The Labute approximate surface area is 117 Å². The summed E-state index contributed by atoms with van der Waals surface area (Å²) in [5.74, 6) is 0. The van der Waals surface area contributed by atoms with E-state index in [4.69, 9.17) is 0 Å². The van der Waals surface area contributed by atoms with Gasteiger partial charge < -0.3 is 0 Å². The highest BCUT2D eigenvalue weighted by molar-refractivity contribution is 5.73. The van der Waals surface area contributed by atoms with Crippen molar-refractivity contribution in [3.05, 3.63) is 64.8 Å². The summed E-state index contributed by atoms with van der Waals surface area (Å²) in [5, 5.41) is 0. The van der Waals surface area contributed by atoms with Gasteiger partial charge in [0, 0.05) is 0 Å². The van der Waals surface area contributed by atoms with E-state index in [-0.39, 0.29) is 0 Å². The summed E-state index contributed by atoms with van der Waals surface area (Å²) in [7, 11) is 0. The maximum atomic E-state index is 3.91. The predicted molar refractivity (Wildman–Crippen MR) is 88.9 cm³/mol. The summed E-state index contributed by atoms with van der Waals surface area (Å²) in [6, 6.07) is 6.54. The molecule has 1 rings (SSSR count). The first-order valence-electron chi connectivity index (χ1n) is 6.67. The Morgan fingerprint density at radius 3 is 2.11 bits per heavy atom. The molecule has 0 saturated heterocycles. The first-order valence-corrected chi connectivity index (χ1v) is 6.67. The van der Waals surface area contributed by atoms with Crippen LogP contribution in [0.2, 0.25) is 0 Å². The molecule has 0 aliphatic heterocycles. The van der Waals surface area contributed by atoms with Crippen LogP contribution in [0.3, 0.4) is 0 Å². The first-order chi connectivity index (χ1) is 8.93. The molecule has 0 unspecified atom stereocenters. The molecule has 1 aromatic rings. The Morgan fingerprint density at radius 1 is 0.895 bits per heavy atom. The minimum Gasteiger partial charge on any atom is -0.0984 e. The molecule has 0 amide bonds. The highest BCUT2D eigenvalue weighted by Crippen LogP contribution is 2.21. The maximum absolute atomic E-state index is 3.91. The summed E-state index contributed by atoms with van der Waals surface area (Å²) in [6.45, 7) is 14.5. The molecule has 0 aromatic heterocycles. The molecule has 0 bridgehead atoms. The standard InChI is InChI=1S/C19H24/c1-7-17-13-18(16(6)9-8-14(2)3)10-11-19(17)12-15(4)5/h7-13H,1H2,2-6H3/b16-9+. The highest BCUT2D eigenvalue weighted by Gasteiger charge is 2.00. The largest absolute Gasteiger partial charge is 0.0984 e. The molecule has 0 saturated carbocycles. The Hall–Kier alpha value is -1.82. The van der Waals surface area contributed by atoms with Gasteiger partial charge in [0.1, 0.15) is 0 Å². The van der Waals surface area contributed by atoms with Crippen molar-refractivity contribution < 1.29 is 0 Å². The third kappa shape index (κ3) is 4.75. The van der Waals surface area contributed by atoms with Gasteiger partial charge in [-0.3, -0.25) is 0 Å². The fourth-order valence-electron chi connectivity index (χ4n) is 1.83. The molecule has 0 radical (unpaired) electrons. The van der Waals surface area contributed by atoms with Crippen molar-refractivity contribution in [2.24, 2.45) is 0 Å². The van der Waals surface area contributed by atoms with Crippen molar-refractivity contribution in [3.8, 4) is 0 Å². The number of allylic oxidation sites excluding steroid dienone is 5. The van der Waals surface area contributed by atoms with Crippen LogP contribution in [0.1, 0.15) is 51.3 Å². The molecule has 1 aromatic carbocycles. The van der Waals surface area contributed by atoms with Crippen molar-refractivity contribution in [3.63, 3.8) is 0 Å². The van der Waals surface area contributed by atoms with Crippen LogP contribution in [0.15, 0.2) is 48.1 Å². The van der Waals surface area contributed by atoms with E-state index in [1.54, 1.807) is 0 Å². The van der Waals surface area contributed by atoms with E-state index in [2.05, 4.69) is 77.6 Å². The molecule has 0 aliphatic rings.